The van der Waals surface area contributed by atoms with Gasteiger partial charge in [0.15, 0.2) is 16.2 Å². The summed E-state index contributed by atoms with van der Waals surface area (Å²) in [6, 6.07) is 23.5. The smallest absolute Gasteiger partial charge is 0.254 e. The van der Waals surface area contributed by atoms with Crippen LogP contribution in [0.5, 0.6) is 0 Å². The number of rotatable bonds is 4. The minimum atomic E-state index is -1.10. The molecule has 0 N–H and O–H groups in total. The van der Waals surface area contributed by atoms with Gasteiger partial charge in [-0.1, -0.05) is 53.3 Å². The molecule has 1 saturated heterocycles. The Morgan fingerprint density at radius 3 is 2.51 bits per heavy atom. The molecule has 2 aliphatic heterocycles. The second-order valence-electron chi connectivity index (χ2n) is 9.25. The number of benzene rings is 3. The van der Waals surface area contributed by atoms with Crippen LogP contribution in [0.15, 0.2) is 83.5 Å². The maximum Gasteiger partial charge on any atom is 0.254 e. The number of β-lactam (4-membered cyclic amide) rings is 1. The lowest BCUT2D eigenvalue weighted by Gasteiger charge is -2.55. The second kappa shape index (κ2) is 8.87. The van der Waals surface area contributed by atoms with Crippen LogP contribution in [-0.4, -0.2) is 41.7 Å². The van der Waals surface area contributed by atoms with Gasteiger partial charge in [0.2, 0.25) is 0 Å². The number of carbonyl (C=O) groups excluding carboxylic acids is 1. The number of para-hydroxylation sites is 1. The minimum absolute atomic E-state index is 0.216. The van der Waals surface area contributed by atoms with Crippen molar-refractivity contribution in [2.45, 2.75) is 18.0 Å². The van der Waals surface area contributed by atoms with Crippen molar-refractivity contribution >= 4 is 79.0 Å². The molecule has 2 aliphatic rings. The first-order valence-corrected chi connectivity index (χ1v) is 13.4. The third kappa shape index (κ3) is 3.64. The van der Waals surface area contributed by atoms with Crippen LogP contribution >= 0.6 is 34.5 Å². The predicted molar refractivity (Wildman–Crippen MR) is 155 cm³/mol. The summed E-state index contributed by atoms with van der Waals surface area (Å²) in [6.45, 7) is 1.94. The summed E-state index contributed by atoms with van der Waals surface area (Å²) in [4.78, 5) is 22.0. The van der Waals surface area contributed by atoms with E-state index in [-0.39, 0.29) is 5.91 Å². The zero-order valence-electron chi connectivity index (χ0n) is 20.4. The summed E-state index contributed by atoms with van der Waals surface area (Å²) in [7, 11) is 4.01. The molecule has 1 fully saturated rings. The minimum Gasteiger partial charge on any atom is -0.378 e. The van der Waals surface area contributed by atoms with Crippen LogP contribution in [0.3, 0.4) is 0 Å². The van der Waals surface area contributed by atoms with E-state index < -0.39 is 11.0 Å². The number of anilines is 3. The number of hydrazone groups is 1. The lowest BCUT2D eigenvalue weighted by Crippen LogP contribution is -2.79. The van der Waals surface area contributed by atoms with E-state index in [9.17, 15) is 4.79 Å². The summed E-state index contributed by atoms with van der Waals surface area (Å²) in [6.07, 6.45) is 2.06. The van der Waals surface area contributed by atoms with Gasteiger partial charge in [0.25, 0.3) is 5.91 Å². The molecular weight excluding hydrogens is 525 g/mol. The molecule has 37 heavy (non-hydrogen) atoms. The van der Waals surface area contributed by atoms with Crippen LogP contribution in [0.4, 0.5) is 16.5 Å². The van der Waals surface area contributed by atoms with Crippen molar-refractivity contribution < 1.29 is 4.79 Å². The molecule has 0 bridgehead atoms. The Bertz CT molecular complexity index is 1560. The highest BCUT2D eigenvalue weighted by molar-refractivity contribution is 7.22. The third-order valence-corrected chi connectivity index (χ3v) is 8.49. The number of aromatic nitrogens is 1. The molecular formula is C28H23Cl2N5OS. The monoisotopic (exact) mass is 547 g/mol. The number of fused-ring (bicyclic) bond motifs is 1. The highest BCUT2D eigenvalue weighted by Gasteiger charge is 2.69. The van der Waals surface area contributed by atoms with Crippen LogP contribution < -0.4 is 14.8 Å². The van der Waals surface area contributed by atoms with Gasteiger partial charge in [-0.2, -0.15) is 5.10 Å². The molecule has 6 nitrogen and oxygen atoms in total. The zero-order chi connectivity index (χ0) is 25.9. The molecule has 1 amide bonds. The molecule has 3 heterocycles. The van der Waals surface area contributed by atoms with Crippen molar-refractivity contribution in [1.82, 2.24) is 4.98 Å². The van der Waals surface area contributed by atoms with Crippen molar-refractivity contribution in [3.63, 3.8) is 0 Å². The van der Waals surface area contributed by atoms with E-state index in [1.807, 2.05) is 74.6 Å². The molecule has 0 aliphatic carbocycles. The van der Waals surface area contributed by atoms with Gasteiger partial charge in [-0.25, -0.2) is 9.99 Å². The molecule has 9 heteroatoms. The van der Waals surface area contributed by atoms with E-state index in [0.717, 1.165) is 38.4 Å². The number of amides is 1. The van der Waals surface area contributed by atoms with Crippen LogP contribution in [0.1, 0.15) is 12.5 Å². The predicted octanol–water partition coefficient (Wildman–Crippen LogP) is 6.65. The van der Waals surface area contributed by atoms with E-state index in [1.54, 1.807) is 4.90 Å². The van der Waals surface area contributed by atoms with E-state index in [2.05, 4.69) is 35.2 Å². The van der Waals surface area contributed by atoms with Crippen LogP contribution in [0.2, 0.25) is 5.02 Å². The molecule has 2 unspecified atom stereocenters. The maximum absolute atomic E-state index is 13.5. The molecule has 186 valence electrons. The van der Waals surface area contributed by atoms with Crippen molar-refractivity contribution in [3.8, 4) is 0 Å². The Balaban J connectivity index is 1.55. The third-order valence-electron chi connectivity index (χ3n) is 6.74. The van der Waals surface area contributed by atoms with Crippen molar-refractivity contribution in [1.29, 1.82) is 0 Å². The summed E-state index contributed by atoms with van der Waals surface area (Å²) in [5, 5.41) is 7.01. The van der Waals surface area contributed by atoms with Crippen LogP contribution in [0, 0.1) is 0 Å². The van der Waals surface area contributed by atoms with E-state index in [1.165, 1.54) is 11.3 Å². The molecule has 2 atom stereocenters. The molecule has 3 aromatic carbocycles. The Morgan fingerprint density at radius 1 is 1.05 bits per heavy atom. The van der Waals surface area contributed by atoms with Gasteiger partial charge >= 0.3 is 0 Å². The van der Waals surface area contributed by atoms with Crippen molar-refractivity contribution in [3.05, 3.63) is 89.0 Å². The Kier molecular flexibility index (Phi) is 5.75. The summed E-state index contributed by atoms with van der Waals surface area (Å²) in [5.41, 5.74) is 4.15. The van der Waals surface area contributed by atoms with Gasteiger partial charge in [0.05, 0.1) is 21.6 Å². The number of carbonyl (C=O) groups is 1. The number of alkyl halides is 1. The largest absolute Gasteiger partial charge is 0.378 e. The Hall–Kier alpha value is -3.39. The molecule has 0 radical (unpaired) electrons. The number of halogens is 2. The summed E-state index contributed by atoms with van der Waals surface area (Å²) in [5.74, 6) is -0.216. The van der Waals surface area contributed by atoms with Crippen LogP contribution in [-0.2, 0) is 4.79 Å². The summed E-state index contributed by atoms with van der Waals surface area (Å²) < 4.78 is 0.994. The van der Waals surface area contributed by atoms with Crippen LogP contribution in [0.25, 0.3) is 16.3 Å². The fourth-order valence-electron chi connectivity index (χ4n) is 4.92. The van der Waals surface area contributed by atoms with E-state index >= 15 is 0 Å². The first kappa shape index (κ1) is 24.0. The molecule has 1 spiro atoms. The van der Waals surface area contributed by atoms with Crippen molar-refractivity contribution in [2.24, 2.45) is 5.10 Å². The van der Waals surface area contributed by atoms with Gasteiger partial charge in [-0.15, -0.1) is 11.6 Å². The average molecular weight is 548 g/mol. The quantitative estimate of drug-likeness (QED) is 0.212. The topological polar surface area (TPSA) is 52.0 Å². The average Bonchev–Trinajstić information content (AvgIpc) is 3.44. The fourth-order valence-corrected chi connectivity index (χ4v) is 6.54. The Labute approximate surface area is 229 Å². The van der Waals surface area contributed by atoms with Gasteiger partial charge in [0, 0.05) is 30.4 Å². The van der Waals surface area contributed by atoms with Gasteiger partial charge in [0.1, 0.15) is 0 Å². The number of thiazole rings is 1. The van der Waals surface area contributed by atoms with Gasteiger partial charge in [-0.3, -0.25) is 9.69 Å². The number of hydrogen-bond acceptors (Lipinski definition) is 6. The second-order valence-corrected chi connectivity index (χ2v) is 11.1. The molecule has 0 saturated carbocycles. The highest BCUT2D eigenvalue weighted by atomic mass is 35.5. The van der Waals surface area contributed by atoms with E-state index in [0.29, 0.717) is 10.2 Å². The molecule has 6 rings (SSSR count). The lowest BCUT2D eigenvalue weighted by atomic mass is 9.82. The first-order valence-electron chi connectivity index (χ1n) is 11.8. The first-order chi connectivity index (χ1) is 17.8. The maximum atomic E-state index is 13.5. The molecule has 4 aromatic rings. The normalized spacial score (nSPS) is 22.2. The lowest BCUT2D eigenvalue weighted by molar-refractivity contribution is -0.125. The van der Waals surface area contributed by atoms with Gasteiger partial charge < -0.3 is 4.90 Å². The standard InChI is InChI=1S/C28H23Cl2N5OS/c1-17-22(15-18-11-13-20(14-12-18)33(2)3)28(35(32-17)21-8-6-7-19(29)16-21)25(30)26(36)34(28)27-31-23-9-4-5-10-24(23)37-27/h4-16,25H,1-3H3/b22-15-. The number of nitrogens with zero attached hydrogens (tertiary/aromatic N) is 5. The molecule has 1 aromatic heterocycles. The highest BCUT2D eigenvalue weighted by Crippen LogP contribution is 2.54. The fraction of sp³-hybridized carbons (Fsp3) is 0.179. The summed E-state index contributed by atoms with van der Waals surface area (Å²) >= 11 is 14.8. The zero-order valence-corrected chi connectivity index (χ0v) is 22.7. The van der Waals surface area contributed by atoms with Gasteiger partial charge in [-0.05, 0) is 61.0 Å². The van der Waals surface area contributed by atoms with E-state index in [4.69, 9.17) is 33.3 Å². The number of hydrogen-bond donors (Lipinski definition) is 0. The van der Waals surface area contributed by atoms with Crippen molar-refractivity contribution in [2.75, 3.05) is 28.9 Å². The SMILES string of the molecule is CC1=NN(c2cccc(Cl)c2)C2(/C1=C\c1ccc(N(C)C)cc1)C(Cl)C(=O)N2c1nc2ccccc2s1. The Morgan fingerprint density at radius 2 is 1.81 bits per heavy atom.